The van der Waals surface area contributed by atoms with Crippen LogP contribution in [0.15, 0.2) is 18.2 Å². The van der Waals surface area contributed by atoms with Gasteiger partial charge in [-0.1, -0.05) is 0 Å². The third-order valence-corrected chi connectivity index (χ3v) is 3.45. The van der Waals surface area contributed by atoms with Gasteiger partial charge in [-0.2, -0.15) is 13.2 Å². The Morgan fingerprint density at radius 3 is 2.65 bits per heavy atom. The molecule has 0 atom stereocenters. The van der Waals surface area contributed by atoms with Crippen LogP contribution in [0, 0.1) is 5.41 Å². The van der Waals surface area contributed by atoms with Gasteiger partial charge in [0.1, 0.15) is 5.75 Å². The highest BCUT2D eigenvalue weighted by molar-refractivity contribution is 5.59. The van der Waals surface area contributed by atoms with Crippen molar-refractivity contribution in [3.05, 3.63) is 23.8 Å². The Labute approximate surface area is 96.8 Å². The van der Waals surface area contributed by atoms with E-state index in [2.05, 4.69) is 5.32 Å². The predicted molar refractivity (Wildman–Crippen MR) is 57.1 cm³/mol. The Bertz CT molecular complexity index is 452. The van der Waals surface area contributed by atoms with E-state index in [9.17, 15) is 13.2 Å². The van der Waals surface area contributed by atoms with Crippen LogP contribution in [0.25, 0.3) is 0 Å². The highest BCUT2D eigenvalue weighted by Crippen LogP contribution is 2.48. The van der Waals surface area contributed by atoms with Crippen molar-refractivity contribution in [2.75, 3.05) is 18.5 Å². The van der Waals surface area contributed by atoms with E-state index in [0.717, 1.165) is 31.5 Å². The van der Waals surface area contributed by atoms with E-state index < -0.39 is 11.7 Å². The zero-order valence-electron chi connectivity index (χ0n) is 9.10. The molecule has 0 aromatic heterocycles. The number of alkyl halides is 3. The first kappa shape index (κ1) is 10.7. The maximum Gasteiger partial charge on any atom is 0.416 e. The van der Waals surface area contributed by atoms with Gasteiger partial charge in [-0.15, -0.1) is 0 Å². The monoisotopic (exact) mass is 243 g/mol. The fourth-order valence-corrected chi connectivity index (χ4v) is 2.03. The Morgan fingerprint density at radius 1 is 1.24 bits per heavy atom. The van der Waals surface area contributed by atoms with Gasteiger partial charge in [0.25, 0.3) is 0 Å². The zero-order valence-corrected chi connectivity index (χ0v) is 9.10. The van der Waals surface area contributed by atoms with E-state index >= 15 is 0 Å². The van der Waals surface area contributed by atoms with Gasteiger partial charge >= 0.3 is 6.18 Å². The third-order valence-electron chi connectivity index (χ3n) is 3.45. The summed E-state index contributed by atoms with van der Waals surface area (Å²) in [5.41, 5.74) is 0.142. The van der Waals surface area contributed by atoms with Gasteiger partial charge in [0.05, 0.1) is 17.9 Å². The smallest absolute Gasteiger partial charge is 0.416 e. The number of fused-ring (bicyclic) bond motifs is 1. The van der Waals surface area contributed by atoms with Crippen molar-refractivity contribution in [3.8, 4) is 5.75 Å². The Kier molecular flexibility index (Phi) is 2.09. The molecule has 1 aliphatic carbocycles. The molecule has 1 aromatic rings. The second kappa shape index (κ2) is 3.31. The molecule has 92 valence electrons. The van der Waals surface area contributed by atoms with E-state index in [-0.39, 0.29) is 5.41 Å². The minimum absolute atomic E-state index is 0.150. The van der Waals surface area contributed by atoms with E-state index in [4.69, 9.17) is 4.74 Å². The van der Waals surface area contributed by atoms with Gasteiger partial charge in [0, 0.05) is 12.0 Å². The average molecular weight is 243 g/mol. The first-order chi connectivity index (χ1) is 7.99. The van der Waals surface area contributed by atoms with Gasteiger partial charge in [-0.25, -0.2) is 0 Å². The molecular weight excluding hydrogens is 231 g/mol. The van der Waals surface area contributed by atoms with Crippen molar-refractivity contribution in [2.24, 2.45) is 5.41 Å². The van der Waals surface area contributed by atoms with Crippen molar-refractivity contribution in [3.63, 3.8) is 0 Å². The van der Waals surface area contributed by atoms with E-state index in [1.54, 1.807) is 0 Å². The Balaban J connectivity index is 1.91. The molecule has 5 heteroatoms. The first-order valence-electron chi connectivity index (χ1n) is 5.57. The van der Waals surface area contributed by atoms with Crippen molar-refractivity contribution >= 4 is 5.69 Å². The number of benzene rings is 1. The predicted octanol–water partition coefficient (Wildman–Crippen LogP) is 3.29. The summed E-state index contributed by atoms with van der Waals surface area (Å²) in [5.74, 6) is 0.309. The summed E-state index contributed by atoms with van der Waals surface area (Å²) in [5, 5.41) is 3.16. The fraction of sp³-hybridized carbons (Fsp3) is 0.500. The molecule has 0 radical (unpaired) electrons. The minimum atomic E-state index is -4.32. The lowest BCUT2D eigenvalue weighted by Crippen LogP contribution is -2.18. The summed E-state index contributed by atoms with van der Waals surface area (Å²) in [6.07, 6.45) is -2.15. The van der Waals surface area contributed by atoms with Crippen LogP contribution in [0.4, 0.5) is 18.9 Å². The van der Waals surface area contributed by atoms with Crippen LogP contribution in [-0.2, 0) is 6.18 Å². The molecule has 1 spiro atoms. The van der Waals surface area contributed by atoms with Crippen LogP contribution < -0.4 is 10.1 Å². The highest BCUT2D eigenvalue weighted by Gasteiger charge is 2.45. The second-order valence-corrected chi connectivity index (χ2v) is 4.85. The summed E-state index contributed by atoms with van der Waals surface area (Å²) in [7, 11) is 0. The van der Waals surface area contributed by atoms with Crippen LogP contribution in [0.2, 0.25) is 0 Å². The zero-order chi connectivity index (χ0) is 12.1. The molecule has 1 N–H and O–H groups in total. The Hall–Kier alpha value is -1.39. The highest BCUT2D eigenvalue weighted by atomic mass is 19.4. The molecule has 1 fully saturated rings. The number of ether oxygens (including phenoxy) is 1. The largest absolute Gasteiger partial charge is 0.491 e. The molecule has 2 aliphatic rings. The van der Waals surface area contributed by atoms with Gasteiger partial charge in [-0.3, -0.25) is 0 Å². The normalized spacial score (nSPS) is 21.1. The average Bonchev–Trinajstić information content (AvgIpc) is 3.06. The van der Waals surface area contributed by atoms with Crippen LogP contribution in [-0.4, -0.2) is 13.2 Å². The number of hydrogen-bond acceptors (Lipinski definition) is 2. The van der Waals surface area contributed by atoms with E-state index in [1.807, 2.05) is 0 Å². The summed E-state index contributed by atoms with van der Waals surface area (Å²) >= 11 is 0. The molecule has 1 heterocycles. The molecule has 0 saturated heterocycles. The van der Waals surface area contributed by atoms with Crippen molar-refractivity contribution in [2.45, 2.75) is 19.0 Å². The fourth-order valence-electron chi connectivity index (χ4n) is 2.03. The number of anilines is 1. The summed E-state index contributed by atoms with van der Waals surface area (Å²) < 4.78 is 43.1. The van der Waals surface area contributed by atoms with Gasteiger partial charge in [0.2, 0.25) is 0 Å². The molecule has 0 bridgehead atoms. The molecule has 2 nitrogen and oxygen atoms in total. The van der Waals surface area contributed by atoms with E-state index in [0.29, 0.717) is 18.0 Å². The lowest BCUT2D eigenvalue weighted by atomic mass is 10.1. The van der Waals surface area contributed by atoms with Crippen molar-refractivity contribution < 1.29 is 17.9 Å². The van der Waals surface area contributed by atoms with Gasteiger partial charge in [-0.05, 0) is 31.0 Å². The SMILES string of the molecule is FC(F)(F)c1ccc2c(c1)OCC1(CC1)CN2. The van der Waals surface area contributed by atoms with Crippen LogP contribution >= 0.6 is 0 Å². The minimum Gasteiger partial charge on any atom is -0.491 e. The molecular formula is C12H12F3NO. The standard InChI is InChI=1S/C12H12F3NO/c13-12(14,15)8-1-2-9-10(5-8)17-7-11(3-4-11)6-16-9/h1-2,5,16H,3-4,6-7H2. The second-order valence-electron chi connectivity index (χ2n) is 4.85. The number of hydrogen-bond donors (Lipinski definition) is 1. The first-order valence-corrected chi connectivity index (χ1v) is 5.57. The van der Waals surface area contributed by atoms with Crippen LogP contribution in [0.1, 0.15) is 18.4 Å². The Morgan fingerprint density at radius 2 is 2.00 bits per heavy atom. The molecule has 0 amide bonds. The molecule has 1 saturated carbocycles. The molecule has 3 rings (SSSR count). The maximum atomic E-state index is 12.5. The number of halogens is 3. The van der Waals surface area contributed by atoms with Crippen molar-refractivity contribution in [1.82, 2.24) is 0 Å². The van der Waals surface area contributed by atoms with E-state index in [1.165, 1.54) is 6.07 Å². The maximum absolute atomic E-state index is 12.5. The number of rotatable bonds is 0. The van der Waals surface area contributed by atoms with Gasteiger partial charge in [0.15, 0.2) is 0 Å². The summed E-state index contributed by atoms with van der Waals surface area (Å²) in [6, 6.07) is 3.60. The molecule has 1 aromatic carbocycles. The quantitative estimate of drug-likeness (QED) is 0.755. The lowest BCUT2D eigenvalue weighted by Gasteiger charge is -2.11. The summed E-state index contributed by atoms with van der Waals surface area (Å²) in [4.78, 5) is 0. The number of nitrogens with one attached hydrogen (secondary N) is 1. The van der Waals surface area contributed by atoms with Crippen LogP contribution in [0.3, 0.4) is 0 Å². The van der Waals surface area contributed by atoms with Crippen molar-refractivity contribution in [1.29, 1.82) is 0 Å². The molecule has 0 unspecified atom stereocenters. The summed E-state index contributed by atoms with van der Waals surface area (Å²) in [6.45, 7) is 1.29. The topological polar surface area (TPSA) is 21.3 Å². The molecule has 1 aliphatic heterocycles. The third kappa shape index (κ3) is 1.94. The van der Waals surface area contributed by atoms with Crippen LogP contribution in [0.5, 0.6) is 5.75 Å². The lowest BCUT2D eigenvalue weighted by molar-refractivity contribution is -0.137. The molecule has 17 heavy (non-hydrogen) atoms. The van der Waals surface area contributed by atoms with Gasteiger partial charge < -0.3 is 10.1 Å².